The van der Waals surface area contributed by atoms with Crippen LogP contribution in [0.3, 0.4) is 0 Å². The molecule has 0 unspecified atom stereocenters. The lowest BCUT2D eigenvalue weighted by atomic mass is 9.95. The Morgan fingerprint density at radius 3 is 2.44 bits per heavy atom. The summed E-state index contributed by atoms with van der Waals surface area (Å²) in [6.45, 7) is 2.17. The third kappa shape index (κ3) is 1.61. The summed E-state index contributed by atoms with van der Waals surface area (Å²) in [7, 11) is 0. The van der Waals surface area contributed by atoms with Gasteiger partial charge in [0.25, 0.3) is 0 Å². The zero-order valence-corrected chi connectivity index (χ0v) is 9.66. The van der Waals surface area contributed by atoms with E-state index in [1.807, 2.05) is 0 Å². The van der Waals surface area contributed by atoms with Crippen molar-refractivity contribution in [2.75, 3.05) is 0 Å². The van der Waals surface area contributed by atoms with E-state index in [0.717, 1.165) is 6.42 Å². The van der Waals surface area contributed by atoms with Gasteiger partial charge >= 0.3 is 0 Å². The van der Waals surface area contributed by atoms with Crippen LogP contribution in [0, 0.1) is 6.92 Å². The molecule has 0 amide bonds. The van der Waals surface area contributed by atoms with Gasteiger partial charge in [-0.3, -0.25) is 0 Å². The fourth-order valence-corrected chi connectivity index (χ4v) is 2.38. The Kier molecular flexibility index (Phi) is 2.05. The summed E-state index contributed by atoms with van der Waals surface area (Å²) >= 11 is 0. The highest BCUT2D eigenvalue weighted by Gasteiger charge is 2.38. The lowest BCUT2D eigenvalue weighted by Gasteiger charge is -2.12. The maximum absolute atomic E-state index is 6.21. The molecular formula is C15H17N. The third-order valence-electron chi connectivity index (χ3n) is 3.67. The SMILES string of the molecule is Cc1ccc(CC2(N)CC2)c2ccccc12. The summed E-state index contributed by atoms with van der Waals surface area (Å²) in [6, 6.07) is 13.1. The van der Waals surface area contributed by atoms with Gasteiger partial charge in [0.05, 0.1) is 0 Å². The molecule has 3 rings (SSSR count). The number of benzene rings is 2. The van der Waals surface area contributed by atoms with Gasteiger partial charge in [0.2, 0.25) is 0 Å². The second kappa shape index (κ2) is 3.33. The predicted octanol–water partition coefficient (Wildman–Crippen LogP) is 3.18. The summed E-state index contributed by atoms with van der Waals surface area (Å²) in [6.07, 6.45) is 3.37. The van der Waals surface area contributed by atoms with Crippen molar-refractivity contribution in [3.63, 3.8) is 0 Å². The van der Waals surface area contributed by atoms with Gasteiger partial charge in [0.15, 0.2) is 0 Å². The van der Waals surface area contributed by atoms with E-state index in [2.05, 4.69) is 43.3 Å². The largest absolute Gasteiger partial charge is 0.325 e. The molecule has 1 saturated carbocycles. The molecule has 2 aromatic rings. The third-order valence-corrected chi connectivity index (χ3v) is 3.67. The molecule has 0 radical (unpaired) electrons. The van der Waals surface area contributed by atoms with Crippen molar-refractivity contribution < 1.29 is 0 Å². The maximum Gasteiger partial charge on any atom is 0.0196 e. The Morgan fingerprint density at radius 1 is 1.06 bits per heavy atom. The molecule has 2 N–H and O–H groups in total. The molecule has 1 nitrogen and oxygen atoms in total. The molecule has 2 aromatic carbocycles. The van der Waals surface area contributed by atoms with Crippen LogP contribution in [0.1, 0.15) is 24.0 Å². The van der Waals surface area contributed by atoms with E-state index in [1.165, 1.54) is 34.7 Å². The second-order valence-corrected chi connectivity index (χ2v) is 5.13. The molecule has 16 heavy (non-hydrogen) atoms. The lowest BCUT2D eigenvalue weighted by Crippen LogP contribution is -2.24. The molecule has 1 heteroatoms. The van der Waals surface area contributed by atoms with Crippen LogP contribution in [0.15, 0.2) is 36.4 Å². The Labute approximate surface area is 96.3 Å². The van der Waals surface area contributed by atoms with Gasteiger partial charge in [-0.25, -0.2) is 0 Å². The second-order valence-electron chi connectivity index (χ2n) is 5.13. The van der Waals surface area contributed by atoms with Gasteiger partial charge < -0.3 is 5.73 Å². The fourth-order valence-electron chi connectivity index (χ4n) is 2.38. The topological polar surface area (TPSA) is 26.0 Å². The molecule has 1 fully saturated rings. The zero-order valence-electron chi connectivity index (χ0n) is 9.66. The summed E-state index contributed by atoms with van der Waals surface area (Å²) in [5.74, 6) is 0. The first-order valence-corrected chi connectivity index (χ1v) is 5.94. The Morgan fingerprint density at radius 2 is 1.75 bits per heavy atom. The van der Waals surface area contributed by atoms with Crippen LogP contribution >= 0.6 is 0 Å². The molecule has 82 valence electrons. The number of hydrogen-bond donors (Lipinski definition) is 1. The highest BCUT2D eigenvalue weighted by molar-refractivity contribution is 5.88. The zero-order chi connectivity index (χ0) is 11.2. The highest BCUT2D eigenvalue weighted by Crippen LogP contribution is 2.37. The van der Waals surface area contributed by atoms with Crippen molar-refractivity contribution in [3.05, 3.63) is 47.5 Å². The van der Waals surface area contributed by atoms with E-state index in [4.69, 9.17) is 5.73 Å². The average Bonchev–Trinajstić information content (AvgIpc) is 3.01. The Bertz CT molecular complexity index is 538. The van der Waals surface area contributed by atoms with Crippen LogP contribution in [0.2, 0.25) is 0 Å². The minimum Gasteiger partial charge on any atom is -0.325 e. The van der Waals surface area contributed by atoms with E-state index in [9.17, 15) is 0 Å². The van der Waals surface area contributed by atoms with Crippen molar-refractivity contribution in [2.45, 2.75) is 31.7 Å². The molecule has 0 aliphatic heterocycles. The number of rotatable bonds is 2. The molecule has 0 saturated heterocycles. The lowest BCUT2D eigenvalue weighted by molar-refractivity contribution is 0.675. The van der Waals surface area contributed by atoms with Crippen LogP contribution in [0.25, 0.3) is 10.8 Å². The van der Waals surface area contributed by atoms with Crippen molar-refractivity contribution in [3.8, 4) is 0 Å². The van der Waals surface area contributed by atoms with E-state index >= 15 is 0 Å². The number of aryl methyl sites for hydroxylation is 1. The van der Waals surface area contributed by atoms with Crippen molar-refractivity contribution >= 4 is 10.8 Å². The van der Waals surface area contributed by atoms with Crippen molar-refractivity contribution in [1.29, 1.82) is 0 Å². The number of nitrogens with two attached hydrogens (primary N) is 1. The minimum atomic E-state index is 0.0953. The monoisotopic (exact) mass is 211 g/mol. The average molecular weight is 211 g/mol. The summed E-state index contributed by atoms with van der Waals surface area (Å²) in [4.78, 5) is 0. The molecule has 0 spiro atoms. The van der Waals surface area contributed by atoms with Crippen LogP contribution in [-0.2, 0) is 6.42 Å². The molecule has 0 atom stereocenters. The maximum atomic E-state index is 6.21. The quantitative estimate of drug-likeness (QED) is 0.811. The predicted molar refractivity (Wildman–Crippen MR) is 68.5 cm³/mol. The highest BCUT2D eigenvalue weighted by atomic mass is 14.8. The smallest absolute Gasteiger partial charge is 0.0196 e. The van der Waals surface area contributed by atoms with Crippen molar-refractivity contribution in [1.82, 2.24) is 0 Å². The van der Waals surface area contributed by atoms with E-state index < -0.39 is 0 Å². The van der Waals surface area contributed by atoms with Crippen LogP contribution in [0.4, 0.5) is 0 Å². The van der Waals surface area contributed by atoms with E-state index in [1.54, 1.807) is 0 Å². The molecule has 1 aliphatic rings. The number of hydrogen-bond acceptors (Lipinski definition) is 1. The van der Waals surface area contributed by atoms with Gasteiger partial charge in [-0.15, -0.1) is 0 Å². The standard InChI is InChI=1S/C15H17N/c1-11-6-7-12(10-15(16)8-9-15)14-5-3-2-4-13(11)14/h2-7H,8-10,16H2,1H3. The summed E-state index contributed by atoms with van der Waals surface area (Å²) in [5.41, 5.74) is 9.06. The normalized spacial score (nSPS) is 17.6. The van der Waals surface area contributed by atoms with Gasteiger partial charge in [-0.05, 0) is 48.1 Å². The Hall–Kier alpha value is -1.34. The van der Waals surface area contributed by atoms with Crippen LogP contribution in [0.5, 0.6) is 0 Å². The van der Waals surface area contributed by atoms with Gasteiger partial charge in [-0.2, -0.15) is 0 Å². The van der Waals surface area contributed by atoms with Gasteiger partial charge in [0.1, 0.15) is 0 Å². The minimum absolute atomic E-state index is 0.0953. The molecule has 0 heterocycles. The fraction of sp³-hybridized carbons (Fsp3) is 0.333. The molecule has 1 aliphatic carbocycles. The van der Waals surface area contributed by atoms with E-state index in [0.29, 0.717) is 0 Å². The Balaban J connectivity index is 2.14. The van der Waals surface area contributed by atoms with Gasteiger partial charge in [-0.1, -0.05) is 36.4 Å². The van der Waals surface area contributed by atoms with E-state index in [-0.39, 0.29) is 5.54 Å². The van der Waals surface area contributed by atoms with Crippen LogP contribution in [-0.4, -0.2) is 5.54 Å². The molecular weight excluding hydrogens is 194 g/mol. The van der Waals surface area contributed by atoms with Crippen molar-refractivity contribution in [2.24, 2.45) is 5.73 Å². The van der Waals surface area contributed by atoms with Crippen LogP contribution < -0.4 is 5.73 Å². The molecule has 0 aromatic heterocycles. The summed E-state index contributed by atoms with van der Waals surface area (Å²) in [5, 5.41) is 2.74. The number of fused-ring (bicyclic) bond motifs is 1. The summed E-state index contributed by atoms with van der Waals surface area (Å²) < 4.78 is 0. The molecule has 0 bridgehead atoms. The first kappa shape index (κ1) is 9.86. The van der Waals surface area contributed by atoms with Gasteiger partial charge in [0, 0.05) is 5.54 Å². The first-order valence-electron chi connectivity index (χ1n) is 5.94. The first-order chi connectivity index (χ1) is 7.68.